The summed E-state index contributed by atoms with van der Waals surface area (Å²) < 4.78 is 9.38. The van der Waals surface area contributed by atoms with E-state index in [0.29, 0.717) is 23.9 Å². The van der Waals surface area contributed by atoms with Crippen LogP contribution in [0.4, 0.5) is 0 Å². The molecule has 2 heterocycles. The highest BCUT2D eigenvalue weighted by molar-refractivity contribution is 6.30. The molecule has 136 valence electrons. The second-order valence-corrected chi connectivity index (χ2v) is 6.67. The topological polar surface area (TPSA) is 36.2 Å². The quantitative estimate of drug-likeness (QED) is 0.441. The van der Waals surface area contributed by atoms with E-state index in [1.54, 1.807) is 0 Å². The monoisotopic (exact) mass is 378 g/mol. The molecule has 0 aliphatic heterocycles. The second kappa shape index (κ2) is 7.33. The van der Waals surface area contributed by atoms with Gasteiger partial charge in [-0.15, -0.1) is 0 Å². The molecule has 0 saturated heterocycles. The Morgan fingerprint density at radius 1 is 1.00 bits per heavy atom. The van der Waals surface area contributed by atoms with Gasteiger partial charge in [-0.1, -0.05) is 41.9 Å². The number of halogens is 1. The van der Waals surface area contributed by atoms with Gasteiger partial charge in [-0.2, -0.15) is 0 Å². The van der Waals surface area contributed by atoms with Crippen molar-refractivity contribution in [2.75, 3.05) is 6.61 Å². The summed E-state index contributed by atoms with van der Waals surface area (Å²) in [4.78, 5) is 12.9. The van der Waals surface area contributed by atoms with Crippen molar-refractivity contribution in [3.8, 4) is 5.69 Å². The zero-order valence-corrected chi connectivity index (χ0v) is 15.7. The average Bonchev–Trinajstić information content (AvgIpc) is 3.30. The highest BCUT2D eigenvalue weighted by Gasteiger charge is 2.24. The number of ether oxygens (including phenoxy) is 1. The Labute approximate surface area is 162 Å². The maximum atomic E-state index is 12.9. The number of rotatable bonds is 5. The standard InChI is InChI=1S/C22H19ClN2O2/c1-2-27-22(26)21-20(24-13-5-6-14-24)18-7-3-4-8-19(18)25(21)15-16-9-11-17(23)12-10-16/h3-14H,2,15H2,1H3. The van der Waals surface area contributed by atoms with Gasteiger partial charge in [-0.05, 0) is 42.8 Å². The Morgan fingerprint density at radius 2 is 1.70 bits per heavy atom. The highest BCUT2D eigenvalue weighted by Crippen LogP contribution is 2.31. The summed E-state index contributed by atoms with van der Waals surface area (Å²) in [5, 5.41) is 1.69. The molecular formula is C22H19ClN2O2. The molecule has 0 unspecified atom stereocenters. The Balaban J connectivity index is 1.97. The number of carbonyl (C=O) groups is 1. The molecule has 0 radical (unpaired) electrons. The van der Waals surface area contributed by atoms with Gasteiger partial charge in [-0.3, -0.25) is 0 Å². The molecule has 5 heteroatoms. The number of para-hydroxylation sites is 1. The number of esters is 1. The first kappa shape index (κ1) is 17.4. The van der Waals surface area contributed by atoms with Gasteiger partial charge in [0.2, 0.25) is 0 Å². The van der Waals surface area contributed by atoms with Crippen LogP contribution in [0.2, 0.25) is 5.02 Å². The molecule has 0 N–H and O–H groups in total. The van der Waals surface area contributed by atoms with E-state index in [4.69, 9.17) is 16.3 Å². The third-order valence-corrected chi connectivity index (χ3v) is 4.78. The molecule has 0 amide bonds. The highest BCUT2D eigenvalue weighted by atomic mass is 35.5. The summed E-state index contributed by atoms with van der Waals surface area (Å²) in [6, 6.07) is 19.6. The maximum Gasteiger partial charge on any atom is 0.357 e. The first-order chi connectivity index (χ1) is 13.2. The van der Waals surface area contributed by atoms with E-state index >= 15 is 0 Å². The normalized spacial score (nSPS) is 11.0. The van der Waals surface area contributed by atoms with E-state index in [9.17, 15) is 4.79 Å². The van der Waals surface area contributed by atoms with Crippen LogP contribution in [0.3, 0.4) is 0 Å². The molecule has 2 aromatic carbocycles. The fourth-order valence-corrected chi connectivity index (χ4v) is 3.50. The minimum absolute atomic E-state index is 0.326. The van der Waals surface area contributed by atoms with Gasteiger partial charge in [0, 0.05) is 29.3 Å². The lowest BCUT2D eigenvalue weighted by Crippen LogP contribution is -2.15. The van der Waals surface area contributed by atoms with Gasteiger partial charge in [0.25, 0.3) is 0 Å². The zero-order chi connectivity index (χ0) is 18.8. The molecule has 0 bridgehead atoms. The molecule has 0 aliphatic rings. The van der Waals surface area contributed by atoms with Crippen molar-refractivity contribution >= 4 is 28.5 Å². The summed E-state index contributed by atoms with van der Waals surface area (Å²) in [6.07, 6.45) is 3.88. The zero-order valence-electron chi connectivity index (χ0n) is 14.9. The third-order valence-electron chi connectivity index (χ3n) is 4.53. The lowest BCUT2D eigenvalue weighted by molar-refractivity contribution is 0.0515. The molecule has 4 aromatic rings. The third kappa shape index (κ3) is 3.24. The summed E-state index contributed by atoms with van der Waals surface area (Å²) in [5.74, 6) is -0.327. The summed E-state index contributed by atoms with van der Waals surface area (Å²) in [5.41, 5.74) is 3.43. The summed E-state index contributed by atoms with van der Waals surface area (Å²) in [6.45, 7) is 2.69. The number of fused-ring (bicyclic) bond motifs is 1. The Hall–Kier alpha value is -2.98. The van der Waals surface area contributed by atoms with Gasteiger partial charge in [0.15, 0.2) is 5.69 Å². The maximum absolute atomic E-state index is 12.9. The van der Waals surface area contributed by atoms with Gasteiger partial charge in [-0.25, -0.2) is 4.79 Å². The molecule has 0 spiro atoms. The molecule has 0 atom stereocenters. The number of benzene rings is 2. The number of carbonyl (C=O) groups excluding carboxylic acids is 1. The fraction of sp³-hybridized carbons (Fsp3) is 0.136. The first-order valence-corrected chi connectivity index (χ1v) is 9.23. The van der Waals surface area contributed by atoms with E-state index in [0.717, 1.165) is 22.2 Å². The molecule has 0 fully saturated rings. The number of hydrogen-bond acceptors (Lipinski definition) is 2. The number of nitrogens with zero attached hydrogens (tertiary/aromatic N) is 2. The van der Waals surface area contributed by atoms with Crippen LogP contribution in [0.25, 0.3) is 16.6 Å². The van der Waals surface area contributed by atoms with Crippen molar-refractivity contribution in [1.29, 1.82) is 0 Å². The van der Waals surface area contributed by atoms with Crippen molar-refractivity contribution in [2.24, 2.45) is 0 Å². The van der Waals surface area contributed by atoms with Crippen LogP contribution in [0.1, 0.15) is 23.0 Å². The van der Waals surface area contributed by atoms with Crippen LogP contribution in [0.5, 0.6) is 0 Å². The molecule has 0 saturated carbocycles. The van der Waals surface area contributed by atoms with Crippen molar-refractivity contribution in [3.63, 3.8) is 0 Å². The van der Waals surface area contributed by atoms with Crippen LogP contribution < -0.4 is 0 Å². The van der Waals surface area contributed by atoms with Gasteiger partial charge >= 0.3 is 5.97 Å². The van der Waals surface area contributed by atoms with Gasteiger partial charge in [0.05, 0.1) is 17.8 Å². The van der Waals surface area contributed by atoms with Crippen molar-refractivity contribution < 1.29 is 9.53 Å². The van der Waals surface area contributed by atoms with Crippen molar-refractivity contribution in [1.82, 2.24) is 9.13 Å². The summed E-state index contributed by atoms with van der Waals surface area (Å²) in [7, 11) is 0. The lowest BCUT2D eigenvalue weighted by Gasteiger charge is -2.12. The van der Waals surface area contributed by atoms with Crippen LogP contribution in [0.15, 0.2) is 73.1 Å². The van der Waals surface area contributed by atoms with E-state index in [2.05, 4.69) is 0 Å². The SMILES string of the molecule is CCOC(=O)c1c(-n2cccc2)c2ccccc2n1Cc1ccc(Cl)cc1. The minimum Gasteiger partial charge on any atom is -0.461 e. The average molecular weight is 379 g/mol. The first-order valence-electron chi connectivity index (χ1n) is 8.85. The van der Waals surface area contributed by atoms with Crippen LogP contribution in [-0.4, -0.2) is 21.7 Å². The fourth-order valence-electron chi connectivity index (χ4n) is 3.37. The van der Waals surface area contributed by atoms with Crippen LogP contribution >= 0.6 is 11.6 Å². The number of aromatic nitrogens is 2. The van der Waals surface area contributed by atoms with Crippen LogP contribution in [-0.2, 0) is 11.3 Å². The molecule has 0 aliphatic carbocycles. The Bertz CT molecular complexity index is 1080. The lowest BCUT2D eigenvalue weighted by atomic mass is 10.2. The van der Waals surface area contributed by atoms with E-state index in [-0.39, 0.29) is 5.97 Å². The Morgan fingerprint density at radius 3 is 2.41 bits per heavy atom. The van der Waals surface area contributed by atoms with E-state index < -0.39 is 0 Å². The largest absolute Gasteiger partial charge is 0.461 e. The van der Waals surface area contributed by atoms with Gasteiger partial charge < -0.3 is 13.9 Å². The molecule has 4 nitrogen and oxygen atoms in total. The van der Waals surface area contributed by atoms with Crippen molar-refractivity contribution in [2.45, 2.75) is 13.5 Å². The smallest absolute Gasteiger partial charge is 0.357 e. The van der Waals surface area contributed by atoms with Gasteiger partial charge in [0.1, 0.15) is 0 Å². The molecule has 4 rings (SSSR count). The minimum atomic E-state index is -0.327. The predicted octanol–water partition coefficient (Wildman–Crippen LogP) is 5.31. The second-order valence-electron chi connectivity index (χ2n) is 6.24. The summed E-state index contributed by atoms with van der Waals surface area (Å²) >= 11 is 6.02. The van der Waals surface area contributed by atoms with E-state index in [1.807, 2.05) is 89.1 Å². The molecule has 27 heavy (non-hydrogen) atoms. The predicted molar refractivity (Wildman–Crippen MR) is 108 cm³/mol. The molecule has 2 aromatic heterocycles. The molecular weight excluding hydrogens is 360 g/mol. The van der Waals surface area contributed by atoms with Crippen molar-refractivity contribution in [3.05, 3.63) is 89.3 Å². The van der Waals surface area contributed by atoms with E-state index in [1.165, 1.54) is 0 Å². The Kier molecular flexibility index (Phi) is 4.73. The number of hydrogen-bond donors (Lipinski definition) is 0. The van der Waals surface area contributed by atoms with Crippen LogP contribution in [0, 0.1) is 0 Å².